The van der Waals surface area contributed by atoms with Crippen molar-refractivity contribution < 1.29 is 9.18 Å². The van der Waals surface area contributed by atoms with E-state index >= 15 is 0 Å². The number of nitrogens with one attached hydrogen (secondary N) is 1. The number of benzene rings is 1. The number of halogens is 1. The van der Waals surface area contributed by atoms with E-state index in [1.807, 2.05) is 20.8 Å². The van der Waals surface area contributed by atoms with Gasteiger partial charge in [-0.1, -0.05) is 26.0 Å². The van der Waals surface area contributed by atoms with Crippen molar-refractivity contribution in [2.75, 3.05) is 0 Å². The van der Waals surface area contributed by atoms with Gasteiger partial charge < -0.3 is 5.32 Å². The molecule has 1 N–H and O–H groups in total. The first-order valence-electron chi connectivity index (χ1n) is 5.06. The van der Waals surface area contributed by atoms with E-state index in [2.05, 4.69) is 5.32 Å². The summed E-state index contributed by atoms with van der Waals surface area (Å²) in [6, 6.07) is 6.11. The fourth-order valence-electron chi connectivity index (χ4n) is 1.24. The lowest BCUT2D eigenvalue weighted by Gasteiger charge is -2.15. The lowest BCUT2D eigenvalue weighted by molar-refractivity contribution is -0.124. The Bertz CT molecular complexity index is 349. The van der Waals surface area contributed by atoms with Crippen LogP contribution in [0.1, 0.15) is 32.4 Å². The first kappa shape index (κ1) is 11.7. The van der Waals surface area contributed by atoms with Gasteiger partial charge in [-0.25, -0.2) is 4.39 Å². The van der Waals surface area contributed by atoms with Gasteiger partial charge in [0.25, 0.3) is 0 Å². The summed E-state index contributed by atoms with van der Waals surface area (Å²) >= 11 is 0. The van der Waals surface area contributed by atoms with Crippen LogP contribution in [0, 0.1) is 11.7 Å². The topological polar surface area (TPSA) is 29.1 Å². The molecule has 3 heteroatoms. The molecule has 0 heterocycles. The number of carbonyl (C=O) groups is 1. The van der Waals surface area contributed by atoms with E-state index in [1.54, 1.807) is 12.1 Å². The maximum atomic E-state index is 12.9. The second-order valence-corrected chi connectivity index (χ2v) is 3.94. The molecule has 1 atom stereocenters. The largest absolute Gasteiger partial charge is 0.349 e. The zero-order valence-corrected chi connectivity index (χ0v) is 9.25. The third kappa shape index (κ3) is 3.35. The number of amides is 1. The molecule has 0 radical (unpaired) electrons. The number of hydrogen-bond acceptors (Lipinski definition) is 1. The third-order valence-corrected chi connectivity index (χ3v) is 2.23. The fourth-order valence-corrected chi connectivity index (χ4v) is 1.24. The second-order valence-electron chi connectivity index (χ2n) is 3.94. The van der Waals surface area contributed by atoms with Crippen LogP contribution in [-0.2, 0) is 4.79 Å². The Morgan fingerprint density at radius 2 is 2.00 bits per heavy atom. The first-order chi connectivity index (χ1) is 7.00. The number of carbonyl (C=O) groups excluding carboxylic acids is 1. The average Bonchev–Trinajstić information content (AvgIpc) is 2.17. The second kappa shape index (κ2) is 4.91. The van der Waals surface area contributed by atoms with Crippen molar-refractivity contribution in [2.24, 2.45) is 5.92 Å². The Labute approximate surface area is 89.5 Å². The van der Waals surface area contributed by atoms with Crippen molar-refractivity contribution in [1.29, 1.82) is 0 Å². The summed E-state index contributed by atoms with van der Waals surface area (Å²) in [5.41, 5.74) is 0.781. The summed E-state index contributed by atoms with van der Waals surface area (Å²) in [7, 11) is 0. The van der Waals surface area contributed by atoms with Crippen LogP contribution in [0.25, 0.3) is 0 Å². The normalized spacial score (nSPS) is 12.6. The summed E-state index contributed by atoms with van der Waals surface area (Å²) in [5, 5.41) is 2.82. The summed E-state index contributed by atoms with van der Waals surface area (Å²) in [4.78, 5) is 11.4. The van der Waals surface area contributed by atoms with Gasteiger partial charge in [-0.3, -0.25) is 4.79 Å². The molecule has 15 heavy (non-hydrogen) atoms. The van der Waals surface area contributed by atoms with Crippen molar-refractivity contribution in [3.8, 4) is 0 Å². The van der Waals surface area contributed by atoms with Gasteiger partial charge in [0, 0.05) is 5.92 Å². The fraction of sp³-hybridized carbons (Fsp3) is 0.417. The van der Waals surface area contributed by atoms with E-state index in [4.69, 9.17) is 0 Å². The van der Waals surface area contributed by atoms with E-state index in [9.17, 15) is 9.18 Å². The smallest absolute Gasteiger partial charge is 0.223 e. The maximum Gasteiger partial charge on any atom is 0.223 e. The van der Waals surface area contributed by atoms with Gasteiger partial charge in [0.2, 0.25) is 5.91 Å². The third-order valence-electron chi connectivity index (χ3n) is 2.23. The minimum absolute atomic E-state index is 0.0215. The van der Waals surface area contributed by atoms with Crippen LogP contribution in [-0.4, -0.2) is 5.91 Å². The Hall–Kier alpha value is -1.38. The van der Waals surface area contributed by atoms with Gasteiger partial charge in [0.1, 0.15) is 5.82 Å². The van der Waals surface area contributed by atoms with Gasteiger partial charge >= 0.3 is 0 Å². The van der Waals surface area contributed by atoms with Crippen LogP contribution >= 0.6 is 0 Å². The lowest BCUT2D eigenvalue weighted by atomic mass is 10.1. The Morgan fingerprint density at radius 1 is 1.33 bits per heavy atom. The molecule has 0 aliphatic carbocycles. The molecule has 2 nitrogen and oxygen atoms in total. The molecule has 0 aliphatic heterocycles. The summed E-state index contributed by atoms with van der Waals surface area (Å²) in [5.74, 6) is -0.356. The highest BCUT2D eigenvalue weighted by molar-refractivity contribution is 5.78. The summed E-state index contributed by atoms with van der Waals surface area (Å²) in [6.07, 6.45) is 0. The monoisotopic (exact) mass is 209 g/mol. The molecule has 0 aromatic heterocycles. The molecule has 0 saturated carbocycles. The molecule has 0 aliphatic rings. The van der Waals surface area contributed by atoms with Gasteiger partial charge in [-0.2, -0.15) is 0 Å². The predicted octanol–water partition coefficient (Wildman–Crippen LogP) is 2.66. The van der Waals surface area contributed by atoms with Crippen LogP contribution in [0.4, 0.5) is 4.39 Å². The van der Waals surface area contributed by atoms with Crippen molar-refractivity contribution in [1.82, 2.24) is 5.32 Å². The van der Waals surface area contributed by atoms with Crippen molar-refractivity contribution >= 4 is 5.91 Å². The Balaban J connectivity index is 2.69. The van der Waals surface area contributed by atoms with E-state index in [-0.39, 0.29) is 23.7 Å². The highest BCUT2D eigenvalue weighted by atomic mass is 19.1. The molecule has 1 rings (SSSR count). The van der Waals surface area contributed by atoms with Crippen molar-refractivity contribution in [3.63, 3.8) is 0 Å². The lowest BCUT2D eigenvalue weighted by Crippen LogP contribution is -2.30. The van der Waals surface area contributed by atoms with Crippen LogP contribution in [0.2, 0.25) is 0 Å². The molecule has 82 valence electrons. The molecule has 0 saturated heterocycles. The van der Waals surface area contributed by atoms with E-state index < -0.39 is 0 Å². The molecule has 0 bridgehead atoms. The van der Waals surface area contributed by atoms with Crippen LogP contribution < -0.4 is 5.32 Å². The van der Waals surface area contributed by atoms with Crippen LogP contribution in [0.15, 0.2) is 24.3 Å². The van der Waals surface area contributed by atoms with Gasteiger partial charge in [-0.15, -0.1) is 0 Å². The molecule has 1 aromatic rings. The Morgan fingerprint density at radius 3 is 2.53 bits per heavy atom. The van der Waals surface area contributed by atoms with E-state index in [1.165, 1.54) is 12.1 Å². The standard InChI is InChI=1S/C12H16FNO/c1-8(2)12(15)14-9(3)10-5-4-6-11(13)7-10/h4-9H,1-3H3,(H,14,15)/t9-/m1/s1. The molecule has 0 spiro atoms. The number of hydrogen-bond donors (Lipinski definition) is 1. The van der Waals surface area contributed by atoms with E-state index in [0.29, 0.717) is 0 Å². The quantitative estimate of drug-likeness (QED) is 0.814. The molecular weight excluding hydrogens is 193 g/mol. The first-order valence-corrected chi connectivity index (χ1v) is 5.06. The van der Waals surface area contributed by atoms with Crippen LogP contribution in [0.3, 0.4) is 0 Å². The SMILES string of the molecule is CC(C)C(=O)N[C@H](C)c1cccc(F)c1. The predicted molar refractivity (Wildman–Crippen MR) is 57.8 cm³/mol. The summed E-state index contributed by atoms with van der Waals surface area (Å²) in [6.45, 7) is 5.50. The van der Waals surface area contributed by atoms with Gasteiger partial charge in [0.05, 0.1) is 6.04 Å². The molecule has 1 amide bonds. The van der Waals surface area contributed by atoms with Gasteiger partial charge in [-0.05, 0) is 24.6 Å². The minimum Gasteiger partial charge on any atom is -0.349 e. The van der Waals surface area contributed by atoms with E-state index in [0.717, 1.165) is 5.56 Å². The minimum atomic E-state index is -0.279. The number of rotatable bonds is 3. The highest BCUT2D eigenvalue weighted by Gasteiger charge is 2.12. The van der Waals surface area contributed by atoms with Crippen molar-refractivity contribution in [3.05, 3.63) is 35.6 Å². The van der Waals surface area contributed by atoms with Crippen LogP contribution in [0.5, 0.6) is 0 Å². The molecule has 1 aromatic carbocycles. The maximum absolute atomic E-state index is 12.9. The average molecular weight is 209 g/mol. The zero-order chi connectivity index (χ0) is 11.4. The van der Waals surface area contributed by atoms with Gasteiger partial charge in [0.15, 0.2) is 0 Å². The van der Waals surface area contributed by atoms with Crippen molar-refractivity contribution in [2.45, 2.75) is 26.8 Å². The summed E-state index contributed by atoms with van der Waals surface area (Å²) < 4.78 is 12.9. The molecule has 0 fully saturated rings. The Kier molecular flexibility index (Phi) is 3.83. The highest BCUT2D eigenvalue weighted by Crippen LogP contribution is 2.13. The molecule has 0 unspecified atom stereocenters. The zero-order valence-electron chi connectivity index (χ0n) is 9.25. The molecular formula is C12H16FNO.